The van der Waals surface area contributed by atoms with Crippen LogP contribution in [0.4, 0.5) is 0 Å². The van der Waals surface area contributed by atoms with Crippen LogP contribution < -0.4 is 0 Å². The first kappa shape index (κ1) is 21.5. The largest absolute Gasteiger partial charge is 0.454 e. The van der Waals surface area contributed by atoms with Crippen LogP contribution in [0.25, 0.3) is 0 Å². The van der Waals surface area contributed by atoms with E-state index >= 15 is 0 Å². The highest BCUT2D eigenvalue weighted by molar-refractivity contribution is 7.90. The molecule has 5 nitrogen and oxygen atoms in total. The average molecular weight is 423 g/mol. The standard InChI is InChI=1S/C24H22O5S/c1-30(27,28)21-15-13-20(14-16-21)23(25)17-29-24(26)22-10-6-5-9-19(22)12-11-18-7-3-2-4-8-18/h2-10,13-16H,11-12,17H2,1H3. The normalized spacial score (nSPS) is 11.1. The number of ether oxygens (including phenoxy) is 1. The molecule has 0 spiro atoms. The molecule has 0 fully saturated rings. The lowest BCUT2D eigenvalue weighted by atomic mass is 10.00. The minimum absolute atomic E-state index is 0.128. The summed E-state index contributed by atoms with van der Waals surface area (Å²) in [5.41, 5.74) is 2.76. The zero-order chi connectivity index (χ0) is 21.6. The van der Waals surface area contributed by atoms with Crippen LogP contribution in [0.5, 0.6) is 0 Å². The summed E-state index contributed by atoms with van der Waals surface area (Å²) in [4.78, 5) is 25.0. The summed E-state index contributed by atoms with van der Waals surface area (Å²) in [5.74, 6) is -0.954. The van der Waals surface area contributed by atoms with Gasteiger partial charge in [0.15, 0.2) is 22.2 Å². The van der Waals surface area contributed by atoms with Crippen LogP contribution in [0.2, 0.25) is 0 Å². The summed E-state index contributed by atoms with van der Waals surface area (Å²) in [7, 11) is -3.33. The number of hydrogen-bond donors (Lipinski definition) is 0. The van der Waals surface area contributed by atoms with Gasteiger partial charge in [0, 0.05) is 11.8 Å². The number of aryl methyl sites for hydroxylation is 2. The van der Waals surface area contributed by atoms with Crippen molar-refractivity contribution in [3.63, 3.8) is 0 Å². The fourth-order valence-electron chi connectivity index (χ4n) is 3.04. The number of sulfone groups is 1. The molecule has 0 unspecified atom stereocenters. The second-order valence-corrected chi connectivity index (χ2v) is 8.95. The van der Waals surface area contributed by atoms with Gasteiger partial charge in [-0.25, -0.2) is 13.2 Å². The molecule has 0 N–H and O–H groups in total. The monoisotopic (exact) mass is 422 g/mol. The van der Waals surface area contributed by atoms with Gasteiger partial charge in [-0.3, -0.25) is 4.79 Å². The van der Waals surface area contributed by atoms with Crippen LogP contribution in [-0.4, -0.2) is 33.0 Å². The van der Waals surface area contributed by atoms with Crippen molar-refractivity contribution in [3.05, 3.63) is 101 Å². The molecule has 0 aromatic heterocycles. The predicted molar refractivity (Wildman–Crippen MR) is 114 cm³/mol. The van der Waals surface area contributed by atoms with Crippen molar-refractivity contribution in [3.8, 4) is 0 Å². The number of rotatable bonds is 8. The molecule has 0 atom stereocenters. The molecule has 3 rings (SSSR count). The molecule has 6 heteroatoms. The van der Waals surface area contributed by atoms with Crippen molar-refractivity contribution >= 4 is 21.6 Å². The van der Waals surface area contributed by atoms with Gasteiger partial charge >= 0.3 is 5.97 Å². The Morgan fingerprint density at radius 3 is 2.10 bits per heavy atom. The molecule has 154 valence electrons. The maximum atomic E-state index is 12.5. The number of benzene rings is 3. The molecule has 0 amide bonds. The average Bonchev–Trinajstić information content (AvgIpc) is 2.76. The van der Waals surface area contributed by atoms with Crippen molar-refractivity contribution in [1.29, 1.82) is 0 Å². The lowest BCUT2D eigenvalue weighted by Crippen LogP contribution is -2.16. The van der Waals surface area contributed by atoms with E-state index < -0.39 is 28.2 Å². The number of ketones is 1. The third kappa shape index (κ3) is 5.64. The second kappa shape index (κ2) is 9.50. The highest BCUT2D eigenvalue weighted by atomic mass is 32.2. The summed E-state index contributed by atoms with van der Waals surface area (Å²) in [6, 6.07) is 22.7. The lowest BCUT2D eigenvalue weighted by molar-refractivity contribution is 0.0473. The predicted octanol–water partition coefficient (Wildman–Crippen LogP) is 3.92. The quantitative estimate of drug-likeness (QED) is 0.406. The molecule has 0 aliphatic carbocycles. The highest BCUT2D eigenvalue weighted by Gasteiger charge is 2.16. The second-order valence-electron chi connectivity index (χ2n) is 6.94. The van der Waals surface area contributed by atoms with Crippen LogP contribution in [0.15, 0.2) is 83.8 Å². The molecule has 30 heavy (non-hydrogen) atoms. The highest BCUT2D eigenvalue weighted by Crippen LogP contribution is 2.15. The number of esters is 1. The van der Waals surface area contributed by atoms with E-state index in [1.54, 1.807) is 12.1 Å². The minimum Gasteiger partial charge on any atom is -0.454 e. The third-order valence-corrected chi connectivity index (χ3v) is 5.83. The molecule has 0 radical (unpaired) electrons. The smallest absolute Gasteiger partial charge is 0.338 e. The Kier molecular flexibility index (Phi) is 6.79. The maximum absolute atomic E-state index is 12.5. The Balaban J connectivity index is 1.63. The van der Waals surface area contributed by atoms with E-state index in [-0.39, 0.29) is 10.5 Å². The topological polar surface area (TPSA) is 77.5 Å². The van der Waals surface area contributed by atoms with E-state index in [1.807, 2.05) is 42.5 Å². The SMILES string of the molecule is CS(=O)(=O)c1ccc(C(=O)COC(=O)c2ccccc2CCc2ccccc2)cc1. The molecule has 0 bridgehead atoms. The number of carbonyl (C=O) groups is 2. The zero-order valence-corrected chi connectivity index (χ0v) is 17.4. The van der Waals surface area contributed by atoms with Crippen molar-refractivity contribution < 1.29 is 22.7 Å². The van der Waals surface area contributed by atoms with Crippen LogP contribution >= 0.6 is 0 Å². The maximum Gasteiger partial charge on any atom is 0.338 e. The zero-order valence-electron chi connectivity index (χ0n) is 16.6. The number of carbonyl (C=O) groups excluding carboxylic acids is 2. The molecular weight excluding hydrogens is 400 g/mol. The third-order valence-electron chi connectivity index (χ3n) is 4.70. The van der Waals surface area contributed by atoms with Gasteiger partial charge in [0.1, 0.15) is 0 Å². The van der Waals surface area contributed by atoms with Crippen LogP contribution in [-0.2, 0) is 27.4 Å². The summed E-state index contributed by atoms with van der Waals surface area (Å²) >= 11 is 0. The van der Waals surface area contributed by atoms with E-state index in [9.17, 15) is 18.0 Å². The molecule has 0 aliphatic rings. The van der Waals surface area contributed by atoms with Gasteiger partial charge in [-0.15, -0.1) is 0 Å². The van der Waals surface area contributed by atoms with Crippen molar-refractivity contribution in [2.45, 2.75) is 17.7 Å². The van der Waals surface area contributed by atoms with E-state index in [0.717, 1.165) is 18.2 Å². The molecular formula is C24H22O5S. The van der Waals surface area contributed by atoms with Gasteiger partial charge in [0.25, 0.3) is 0 Å². The van der Waals surface area contributed by atoms with E-state index in [2.05, 4.69) is 0 Å². The minimum atomic E-state index is -3.33. The molecule has 0 heterocycles. The Labute approximate surface area is 176 Å². The van der Waals surface area contributed by atoms with Crippen LogP contribution in [0, 0.1) is 0 Å². The van der Waals surface area contributed by atoms with Crippen molar-refractivity contribution in [2.75, 3.05) is 12.9 Å². The fraction of sp³-hybridized carbons (Fsp3) is 0.167. The first-order valence-electron chi connectivity index (χ1n) is 9.47. The number of Topliss-reactive ketones (excluding diaryl/α,β-unsaturated/α-hetero) is 1. The molecule has 0 saturated carbocycles. The first-order chi connectivity index (χ1) is 14.3. The van der Waals surface area contributed by atoms with E-state index in [0.29, 0.717) is 12.0 Å². The van der Waals surface area contributed by atoms with E-state index in [1.165, 1.54) is 29.8 Å². The summed E-state index contributed by atoms with van der Waals surface area (Å²) in [6.45, 7) is -0.413. The molecule has 3 aromatic carbocycles. The first-order valence-corrected chi connectivity index (χ1v) is 11.4. The van der Waals surface area contributed by atoms with Gasteiger partial charge in [-0.05, 0) is 54.3 Å². The van der Waals surface area contributed by atoms with Crippen LogP contribution in [0.1, 0.15) is 31.8 Å². The van der Waals surface area contributed by atoms with Crippen LogP contribution in [0.3, 0.4) is 0 Å². The fourth-order valence-corrected chi connectivity index (χ4v) is 3.67. The molecule has 3 aromatic rings. The Morgan fingerprint density at radius 1 is 0.800 bits per heavy atom. The van der Waals surface area contributed by atoms with Crippen molar-refractivity contribution in [2.24, 2.45) is 0 Å². The molecule has 0 aliphatic heterocycles. The Hall–Kier alpha value is -3.25. The van der Waals surface area contributed by atoms with Gasteiger partial charge in [-0.1, -0.05) is 48.5 Å². The summed E-state index contributed by atoms with van der Waals surface area (Å²) in [6.07, 6.45) is 2.56. The Morgan fingerprint density at radius 2 is 1.43 bits per heavy atom. The lowest BCUT2D eigenvalue weighted by Gasteiger charge is -2.10. The van der Waals surface area contributed by atoms with Gasteiger partial charge in [0.2, 0.25) is 0 Å². The molecule has 0 saturated heterocycles. The summed E-state index contributed by atoms with van der Waals surface area (Å²) in [5, 5.41) is 0. The van der Waals surface area contributed by atoms with Gasteiger partial charge in [-0.2, -0.15) is 0 Å². The number of hydrogen-bond acceptors (Lipinski definition) is 5. The van der Waals surface area contributed by atoms with Gasteiger partial charge in [0.05, 0.1) is 10.5 Å². The Bertz CT molecular complexity index is 1130. The van der Waals surface area contributed by atoms with E-state index in [4.69, 9.17) is 4.74 Å². The van der Waals surface area contributed by atoms with Crippen molar-refractivity contribution in [1.82, 2.24) is 0 Å². The van der Waals surface area contributed by atoms with Gasteiger partial charge < -0.3 is 4.74 Å². The summed E-state index contributed by atoms with van der Waals surface area (Å²) < 4.78 is 28.2.